The molecule has 2 aliphatic rings. The zero-order chi connectivity index (χ0) is 18.0. The number of nitrogens with zero attached hydrogens (tertiary/aromatic N) is 1. The summed E-state index contributed by atoms with van der Waals surface area (Å²) >= 11 is 7.56. The molecule has 1 amide bonds. The van der Waals surface area contributed by atoms with E-state index in [1.807, 2.05) is 30.3 Å². The molecule has 1 aliphatic carbocycles. The molecule has 1 saturated heterocycles. The quantitative estimate of drug-likeness (QED) is 0.419. The molecule has 1 N–H and O–H groups in total. The normalized spacial score (nSPS) is 18.3. The van der Waals surface area contributed by atoms with Gasteiger partial charge in [-0.1, -0.05) is 30.3 Å². The van der Waals surface area contributed by atoms with Gasteiger partial charge in [-0.25, -0.2) is 5.43 Å². The first-order valence-corrected chi connectivity index (χ1v) is 12.6. The summed E-state index contributed by atoms with van der Waals surface area (Å²) < 4.78 is 1.48. The number of rotatable bonds is 4. The summed E-state index contributed by atoms with van der Waals surface area (Å²) in [6.45, 7) is 0. The summed E-state index contributed by atoms with van der Waals surface area (Å²) in [5, 5.41) is 4.16. The number of hydrazone groups is 1. The monoisotopic (exact) mass is 420 g/mol. The van der Waals surface area contributed by atoms with E-state index in [1.54, 1.807) is 29.3 Å². The van der Waals surface area contributed by atoms with E-state index in [1.165, 1.54) is 33.3 Å². The van der Waals surface area contributed by atoms with Crippen molar-refractivity contribution < 1.29 is 4.79 Å². The van der Waals surface area contributed by atoms with Crippen LogP contribution in [0, 0.1) is 0 Å². The van der Waals surface area contributed by atoms with Crippen LogP contribution in [0.4, 0.5) is 0 Å². The van der Waals surface area contributed by atoms with Crippen molar-refractivity contribution in [1.29, 1.82) is 0 Å². The number of thiophene rings is 1. The van der Waals surface area contributed by atoms with Crippen LogP contribution in [0.5, 0.6) is 0 Å². The Labute approximate surface area is 170 Å². The molecule has 26 heavy (non-hydrogen) atoms. The zero-order valence-corrected chi connectivity index (χ0v) is 17.8. The summed E-state index contributed by atoms with van der Waals surface area (Å²) in [5.41, 5.74) is 6.41. The first kappa shape index (κ1) is 18.5. The third-order valence-electron chi connectivity index (χ3n) is 4.61. The van der Waals surface area contributed by atoms with Gasteiger partial charge in [-0.15, -0.1) is 46.6 Å². The number of amides is 1. The standard InChI is InChI=1S/C19H20N2OS4/c1-23-18-15-14(8-5-9-19(15)24-10-11-25-19)16(26-18)17(22)21-20-12-13-6-3-2-4-7-13/h2-4,6-7,12H,5,8-11H2,1H3,(H,21,22)/b20-12+. The number of thioether (sulfide) groups is 3. The number of nitrogens with one attached hydrogen (secondary N) is 1. The largest absolute Gasteiger partial charge is 0.281 e. The van der Waals surface area contributed by atoms with Crippen LogP contribution in [-0.4, -0.2) is 29.9 Å². The lowest BCUT2D eigenvalue weighted by Crippen LogP contribution is -2.24. The lowest BCUT2D eigenvalue weighted by atomic mass is 9.92. The molecule has 0 radical (unpaired) electrons. The fourth-order valence-corrected chi connectivity index (χ4v) is 9.38. The molecule has 7 heteroatoms. The number of carbonyl (C=O) groups is 1. The second-order valence-electron chi connectivity index (χ2n) is 6.19. The highest BCUT2D eigenvalue weighted by atomic mass is 32.2. The number of hydrogen-bond donors (Lipinski definition) is 1. The van der Waals surface area contributed by atoms with E-state index in [4.69, 9.17) is 0 Å². The Bertz CT molecular complexity index is 826. The highest BCUT2D eigenvalue weighted by Crippen LogP contribution is 2.61. The van der Waals surface area contributed by atoms with Crippen LogP contribution < -0.4 is 5.43 Å². The maximum Gasteiger partial charge on any atom is 0.281 e. The van der Waals surface area contributed by atoms with E-state index in [0.29, 0.717) is 0 Å². The van der Waals surface area contributed by atoms with Crippen LogP contribution in [-0.2, 0) is 10.5 Å². The minimum Gasteiger partial charge on any atom is -0.266 e. The molecule has 0 saturated carbocycles. The van der Waals surface area contributed by atoms with Gasteiger partial charge in [0.25, 0.3) is 5.91 Å². The summed E-state index contributed by atoms with van der Waals surface area (Å²) in [6.07, 6.45) is 7.18. The van der Waals surface area contributed by atoms with Gasteiger partial charge in [-0.3, -0.25) is 4.79 Å². The van der Waals surface area contributed by atoms with Gasteiger partial charge in [0.05, 0.1) is 19.4 Å². The first-order chi connectivity index (χ1) is 12.7. The predicted octanol–water partition coefficient (Wildman–Crippen LogP) is 5.20. The molecule has 1 aromatic carbocycles. The maximum absolute atomic E-state index is 12.8. The molecule has 0 bridgehead atoms. The number of hydrogen-bond acceptors (Lipinski definition) is 6. The van der Waals surface area contributed by atoms with Crippen molar-refractivity contribution in [3.05, 3.63) is 51.9 Å². The highest BCUT2D eigenvalue weighted by molar-refractivity contribution is 8.20. The highest BCUT2D eigenvalue weighted by Gasteiger charge is 2.45. The second kappa shape index (κ2) is 8.00. The first-order valence-electron chi connectivity index (χ1n) is 8.60. The SMILES string of the molecule is CSc1sc(C(=O)N/N=C/c2ccccc2)c2c1C1(CCC2)SCCS1. The molecule has 0 unspecified atom stereocenters. The van der Waals surface area contributed by atoms with E-state index in [0.717, 1.165) is 23.3 Å². The summed E-state index contributed by atoms with van der Waals surface area (Å²) in [7, 11) is 0. The van der Waals surface area contributed by atoms with Gasteiger partial charge in [0, 0.05) is 17.1 Å². The van der Waals surface area contributed by atoms with E-state index in [2.05, 4.69) is 40.3 Å². The van der Waals surface area contributed by atoms with Crippen molar-refractivity contribution in [2.24, 2.45) is 5.10 Å². The molecule has 1 aromatic heterocycles. The Morgan fingerprint density at radius 2 is 2.04 bits per heavy atom. The second-order valence-corrected chi connectivity index (χ2v) is 11.3. The molecular formula is C19H20N2OS4. The minimum absolute atomic E-state index is 0.0798. The van der Waals surface area contributed by atoms with Crippen molar-refractivity contribution in [2.45, 2.75) is 27.6 Å². The average Bonchev–Trinajstić information content (AvgIpc) is 3.28. The van der Waals surface area contributed by atoms with Crippen LogP contribution in [0.15, 0.2) is 39.6 Å². The van der Waals surface area contributed by atoms with E-state index < -0.39 is 0 Å². The molecule has 1 fully saturated rings. The van der Waals surface area contributed by atoms with Crippen molar-refractivity contribution in [3.63, 3.8) is 0 Å². The Morgan fingerprint density at radius 3 is 2.77 bits per heavy atom. The molecule has 136 valence electrons. The van der Waals surface area contributed by atoms with Crippen molar-refractivity contribution >= 4 is 58.7 Å². The third-order valence-corrected chi connectivity index (χ3v) is 10.5. The topological polar surface area (TPSA) is 41.5 Å². The van der Waals surface area contributed by atoms with Crippen LogP contribution in [0.3, 0.4) is 0 Å². The van der Waals surface area contributed by atoms with E-state index >= 15 is 0 Å². The lowest BCUT2D eigenvalue weighted by molar-refractivity contribution is 0.0958. The molecule has 0 atom stereocenters. The summed E-state index contributed by atoms with van der Waals surface area (Å²) in [4.78, 5) is 13.7. The van der Waals surface area contributed by atoms with Gasteiger partial charge in [0.15, 0.2) is 0 Å². The van der Waals surface area contributed by atoms with Crippen LogP contribution in [0.2, 0.25) is 0 Å². The zero-order valence-electron chi connectivity index (χ0n) is 14.5. The Hall–Kier alpha value is -0.890. The molecule has 2 aromatic rings. The predicted molar refractivity (Wildman–Crippen MR) is 117 cm³/mol. The number of benzene rings is 1. The molecule has 1 aliphatic heterocycles. The van der Waals surface area contributed by atoms with Gasteiger partial charge in [-0.05, 0) is 36.6 Å². The van der Waals surface area contributed by atoms with Gasteiger partial charge in [0.2, 0.25) is 0 Å². The van der Waals surface area contributed by atoms with Crippen LogP contribution in [0.1, 0.15) is 39.2 Å². The van der Waals surface area contributed by atoms with Gasteiger partial charge in [0.1, 0.15) is 0 Å². The summed E-state index contributed by atoms with van der Waals surface area (Å²) in [6, 6.07) is 9.81. The Kier molecular flexibility index (Phi) is 5.69. The maximum atomic E-state index is 12.8. The van der Waals surface area contributed by atoms with E-state index in [9.17, 15) is 4.79 Å². The smallest absolute Gasteiger partial charge is 0.266 e. The van der Waals surface area contributed by atoms with Crippen LogP contribution >= 0.6 is 46.6 Å². The van der Waals surface area contributed by atoms with Gasteiger partial charge >= 0.3 is 0 Å². The third kappa shape index (κ3) is 3.46. The molecule has 2 heterocycles. The molecule has 1 spiro atoms. The Morgan fingerprint density at radius 1 is 1.27 bits per heavy atom. The van der Waals surface area contributed by atoms with Gasteiger partial charge < -0.3 is 0 Å². The Balaban J connectivity index is 1.60. The van der Waals surface area contributed by atoms with Crippen molar-refractivity contribution in [1.82, 2.24) is 5.43 Å². The number of fused-ring (bicyclic) bond motifs is 2. The summed E-state index contributed by atoms with van der Waals surface area (Å²) in [5.74, 6) is 2.33. The fourth-order valence-electron chi connectivity index (χ4n) is 3.51. The lowest BCUT2D eigenvalue weighted by Gasteiger charge is -2.33. The molecular weight excluding hydrogens is 400 g/mol. The van der Waals surface area contributed by atoms with Gasteiger partial charge in [-0.2, -0.15) is 5.10 Å². The van der Waals surface area contributed by atoms with Crippen molar-refractivity contribution in [2.75, 3.05) is 17.8 Å². The number of carbonyl (C=O) groups excluding carboxylic acids is 1. The fraction of sp³-hybridized carbons (Fsp3) is 0.368. The molecule has 4 rings (SSSR count). The minimum atomic E-state index is -0.0798. The van der Waals surface area contributed by atoms with Crippen molar-refractivity contribution in [3.8, 4) is 0 Å². The van der Waals surface area contributed by atoms with Crippen LogP contribution in [0.25, 0.3) is 0 Å². The van der Waals surface area contributed by atoms with E-state index in [-0.39, 0.29) is 9.99 Å². The molecule has 3 nitrogen and oxygen atoms in total. The average molecular weight is 421 g/mol.